The van der Waals surface area contributed by atoms with Gasteiger partial charge in [0, 0.05) is 0 Å². The largest absolute Gasteiger partial charge is 0.472 e. The van der Waals surface area contributed by atoms with E-state index in [2.05, 4.69) is 4.52 Å². The molecule has 0 spiro atoms. The lowest BCUT2D eigenvalue weighted by Gasteiger charge is -2.20. The molecule has 10 heavy (non-hydrogen) atoms. The molecule has 1 atom stereocenters. The van der Waals surface area contributed by atoms with Crippen molar-refractivity contribution < 1.29 is 29.1 Å². The second-order valence-corrected chi connectivity index (χ2v) is 3.08. The minimum Gasteiger partial charge on any atom is -0.391 e. The van der Waals surface area contributed by atoms with Crippen LogP contribution in [0.2, 0.25) is 0 Å². The van der Waals surface area contributed by atoms with E-state index in [1.807, 2.05) is 0 Å². The van der Waals surface area contributed by atoms with Gasteiger partial charge in [0.25, 0.3) is 0 Å². The van der Waals surface area contributed by atoms with Gasteiger partial charge in [0.15, 0.2) is 5.79 Å². The Morgan fingerprint density at radius 3 is 2.10 bits per heavy atom. The molecule has 0 amide bonds. The van der Waals surface area contributed by atoms with Gasteiger partial charge in [0.05, 0.1) is 6.61 Å². The first-order valence-corrected chi connectivity index (χ1v) is 3.89. The molecule has 0 aromatic carbocycles. The zero-order valence-corrected chi connectivity index (χ0v) is 6.15. The Morgan fingerprint density at radius 1 is 1.60 bits per heavy atom. The smallest absolute Gasteiger partial charge is 0.391 e. The molecule has 0 bridgehead atoms. The average molecular weight is 172 g/mol. The summed E-state index contributed by atoms with van der Waals surface area (Å²) in [4.78, 5) is 16.2. The maximum atomic E-state index is 10.0. The van der Waals surface area contributed by atoms with Crippen molar-refractivity contribution in [2.75, 3.05) is 6.61 Å². The lowest BCUT2D eigenvalue weighted by molar-refractivity contribution is -0.160. The highest BCUT2D eigenvalue weighted by Crippen LogP contribution is 2.40. The summed E-state index contributed by atoms with van der Waals surface area (Å²) in [5, 5.41) is 16.9. The van der Waals surface area contributed by atoms with Crippen molar-refractivity contribution in [1.82, 2.24) is 0 Å². The fourth-order valence-electron chi connectivity index (χ4n) is 0.285. The third-order valence-electron chi connectivity index (χ3n) is 0.609. The summed E-state index contributed by atoms with van der Waals surface area (Å²) in [5.41, 5.74) is 0. The third kappa shape index (κ3) is 4.87. The van der Waals surface area contributed by atoms with Crippen molar-refractivity contribution >= 4 is 7.82 Å². The van der Waals surface area contributed by atoms with Gasteiger partial charge in [-0.15, -0.1) is 0 Å². The Labute approximate surface area is 57.3 Å². The summed E-state index contributed by atoms with van der Waals surface area (Å²) in [6.07, 6.45) is 0. The van der Waals surface area contributed by atoms with Crippen LogP contribution in [0.4, 0.5) is 0 Å². The molecule has 7 heteroatoms. The van der Waals surface area contributed by atoms with Crippen LogP contribution < -0.4 is 0 Å². The Bertz CT molecular complexity index is 147. The van der Waals surface area contributed by atoms with Crippen LogP contribution >= 0.6 is 7.82 Å². The molecule has 62 valence electrons. The van der Waals surface area contributed by atoms with E-state index >= 15 is 0 Å². The van der Waals surface area contributed by atoms with Crippen LogP contribution in [0.1, 0.15) is 6.92 Å². The van der Waals surface area contributed by atoms with Crippen molar-refractivity contribution in [3.05, 3.63) is 0 Å². The first-order chi connectivity index (χ1) is 4.27. The standard InChI is InChI=1S/C3H9O6P/c1-3(5,2-4)9-10(6,7)8/h4-5H,2H2,1H3,(H2,6,7,8). The van der Waals surface area contributed by atoms with Crippen LogP contribution in [0.5, 0.6) is 0 Å². The number of phosphoric ester groups is 1. The van der Waals surface area contributed by atoms with E-state index < -0.39 is 20.2 Å². The normalized spacial score (nSPS) is 18.5. The number of hydrogen-bond donors (Lipinski definition) is 4. The van der Waals surface area contributed by atoms with E-state index in [1.54, 1.807) is 0 Å². The topological polar surface area (TPSA) is 107 Å². The van der Waals surface area contributed by atoms with Gasteiger partial charge in [-0.05, 0) is 6.92 Å². The van der Waals surface area contributed by atoms with Crippen LogP contribution in [-0.4, -0.2) is 32.4 Å². The minimum absolute atomic E-state index is 0.877. The van der Waals surface area contributed by atoms with E-state index in [4.69, 9.17) is 20.0 Å². The van der Waals surface area contributed by atoms with Gasteiger partial charge in [0.2, 0.25) is 0 Å². The maximum absolute atomic E-state index is 10.0. The predicted octanol–water partition coefficient (Wildman–Crippen LogP) is -1.20. The molecule has 0 aliphatic carbocycles. The monoisotopic (exact) mass is 172 g/mol. The fraction of sp³-hybridized carbons (Fsp3) is 1.00. The summed E-state index contributed by atoms with van der Waals surface area (Å²) in [7, 11) is -4.71. The molecule has 6 nitrogen and oxygen atoms in total. The zero-order chi connectivity index (χ0) is 8.41. The number of aliphatic hydroxyl groups excluding tert-OH is 1. The number of aliphatic hydroxyl groups is 2. The summed E-state index contributed by atoms with van der Waals surface area (Å²) >= 11 is 0. The van der Waals surface area contributed by atoms with E-state index in [9.17, 15) is 4.57 Å². The Morgan fingerprint density at radius 2 is 2.00 bits per heavy atom. The van der Waals surface area contributed by atoms with E-state index in [0.29, 0.717) is 0 Å². The molecule has 0 aromatic heterocycles. The summed E-state index contributed by atoms with van der Waals surface area (Å²) in [6, 6.07) is 0. The fourth-order valence-corrected chi connectivity index (χ4v) is 0.855. The Kier molecular flexibility index (Phi) is 2.97. The quantitative estimate of drug-likeness (QED) is 0.314. The van der Waals surface area contributed by atoms with Crippen molar-refractivity contribution in [1.29, 1.82) is 0 Å². The van der Waals surface area contributed by atoms with Gasteiger partial charge in [0.1, 0.15) is 0 Å². The number of phosphoric acid groups is 1. The van der Waals surface area contributed by atoms with Crippen LogP contribution in [0.15, 0.2) is 0 Å². The van der Waals surface area contributed by atoms with E-state index in [1.165, 1.54) is 0 Å². The summed E-state index contributed by atoms with van der Waals surface area (Å²) < 4.78 is 13.8. The summed E-state index contributed by atoms with van der Waals surface area (Å²) in [6.45, 7) is 0.0597. The summed E-state index contributed by atoms with van der Waals surface area (Å²) in [5.74, 6) is -2.18. The SMILES string of the molecule is CC(O)(CO)OP(=O)(O)O. The molecule has 1 unspecified atom stereocenters. The minimum atomic E-state index is -4.71. The van der Waals surface area contributed by atoms with Gasteiger partial charge < -0.3 is 20.0 Å². The van der Waals surface area contributed by atoms with Gasteiger partial charge >= 0.3 is 7.82 Å². The molecule has 0 saturated heterocycles. The van der Waals surface area contributed by atoms with Crippen LogP contribution in [-0.2, 0) is 9.09 Å². The second-order valence-electron chi connectivity index (χ2n) is 1.92. The average Bonchev–Trinajstić information content (AvgIpc) is 1.60. The zero-order valence-electron chi connectivity index (χ0n) is 5.26. The van der Waals surface area contributed by atoms with Crippen LogP contribution in [0.25, 0.3) is 0 Å². The van der Waals surface area contributed by atoms with Gasteiger partial charge in [-0.2, -0.15) is 0 Å². The third-order valence-corrected chi connectivity index (χ3v) is 1.24. The molecule has 0 aliphatic heterocycles. The molecule has 0 aliphatic rings. The molecular weight excluding hydrogens is 163 g/mol. The van der Waals surface area contributed by atoms with Crippen LogP contribution in [0, 0.1) is 0 Å². The lowest BCUT2D eigenvalue weighted by Crippen LogP contribution is -2.31. The molecule has 0 rings (SSSR count). The van der Waals surface area contributed by atoms with Crippen molar-refractivity contribution in [3.8, 4) is 0 Å². The van der Waals surface area contributed by atoms with Crippen molar-refractivity contribution in [2.45, 2.75) is 12.7 Å². The molecule has 0 heterocycles. The molecule has 0 fully saturated rings. The first kappa shape index (κ1) is 10.0. The van der Waals surface area contributed by atoms with E-state index in [0.717, 1.165) is 6.92 Å². The molecule has 0 aromatic rings. The molecule has 0 radical (unpaired) electrons. The lowest BCUT2D eigenvalue weighted by atomic mass is 10.4. The van der Waals surface area contributed by atoms with Crippen LogP contribution in [0.3, 0.4) is 0 Å². The highest BCUT2D eigenvalue weighted by molar-refractivity contribution is 7.46. The highest BCUT2D eigenvalue weighted by atomic mass is 31.2. The first-order valence-electron chi connectivity index (χ1n) is 2.36. The van der Waals surface area contributed by atoms with Gasteiger partial charge in [-0.1, -0.05) is 0 Å². The van der Waals surface area contributed by atoms with Gasteiger partial charge in [-0.25, -0.2) is 4.57 Å². The van der Waals surface area contributed by atoms with Gasteiger partial charge in [-0.3, -0.25) is 4.52 Å². The van der Waals surface area contributed by atoms with E-state index in [-0.39, 0.29) is 0 Å². The maximum Gasteiger partial charge on any atom is 0.472 e. The number of hydrogen-bond acceptors (Lipinski definition) is 4. The number of rotatable bonds is 3. The Balaban J connectivity index is 4.02. The van der Waals surface area contributed by atoms with Crippen molar-refractivity contribution in [2.24, 2.45) is 0 Å². The second kappa shape index (κ2) is 2.96. The highest BCUT2D eigenvalue weighted by Gasteiger charge is 2.30. The molecule has 4 N–H and O–H groups in total. The molecular formula is C3H9O6P. The Hall–Kier alpha value is 0.0300. The molecule has 0 saturated carbocycles. The predicted molar refractivity (Wildman–Crippen MR) is 30.8 cm³/mol. The van der Waals surface area contributed by atoms with Crippen molar-refractivity contribution in [3.63, 3.8) is 0 Å².